The first kappa shape index (κ1) is 14.4. The van der Waals surface area contributed by atoms with Gasteiger partial charge in [-0.1, -0.05) is 0 Å². The second-order valence-electron chi connectivity index (χ2n) is 4.90. The fourth-order valence-electron chi connectivity index (χ4n) is 1.52. The molecule has 0 saturated carbocycles. The molecule has 17 heavy (non-hydrogen) atoms. The lowest BCUT2D eigenvalue weighted by atomic mass is 10.1. The molecule has 0 aromatic rings. The zero-order valence-corrected chi connectivity index (χ0v) is 11.0. The van der Waals surface area contributed by atoms with Crippen LogP contribution in [-0.4, -0.2) is 55.1 Å². The van der Waals surface area contributed by atoms with Crippen LogP contribution >= 0.6 is 0 Å². The average molecular weight is 266 g/mol. The minimum Gasteiger partial charge on any atom is -0.480 e. The number of hydrogen-bond donors (Lipinski definition) is 2. The smallest absolute Gasteiger partial charge is 0.324 e. The molecule has 7 nitrogen and oxygen atoms in total. The number of rotatable bonds is 3. The summed E-state index contributed by atoms with van der Waals surface area (Å²) in [6.45, 7) is 5.21. The van der Waals surface area contributed by atoms with Crippen molar-refractivity contribution in [2.24, 2.45) is 0 Å². The highest BCUT2D eigenvalue weighted by atomic mass is 32.2. The Morgan fingerprint density at radius 3 is 2.53 bits per heavy atom. The fraction of sp³-hybridized carbons (Fsp3) is 0.889. The van der Waals surface area contributed by atoms with Crippen LogP contribution in [0.1, 0.15) is 20.8 Å². The summed E-state index contributed by atoms with van der Waals surface area (Å²) in [5, 5.41) is 8.96. The molecule has 0 spiro atoms. The van der Waals surface area contributed by atoms with Crippen LogP contribution in [0.5, 0.6) is 0 Å². The number of nitrogens with zero attached hydrogens (tertiary/aromatic N) is 1. The Kier molecular flexibility index (Phi) is 4.13. The van der Waals surface area contributed by atoms with Crippen LogP contribution in [0.15, 0.2) is 0 Å². The molecule has 1 fully saturated rings. The van der Waals surface area contributed by atoms with Crippen molar-refractivity contribution >= 4 is 16.2 Å². The topological polar surface area (TPSA) is 95.9 Å². The number of aliphatic carboxylic acids is 1. The summed E-state index contributed by atoms with van der Waals surface area (Å²) in [7, 11) is -3.81. The van der Waals surface area contributed by atoms with Crippen LogP contribution in [0, 0.1) is 0 Å². The van der Waals surface area contributed by atoms with E-state index in [9.17, 15) is 13.2 Å². The maximum absolute atomic E-state index is 12.0. The zero-order valence-electron chi connectivity index (χ0n) is 10.1. The minimum atomic E-state index is -3.81. The van der Waals surface area contributed by atoms with Crippen molar-refractivity contribution in [1.82, 2.24) is 9.03 Å². The van der Waals surface area contributed by atoms with Gasteiger partial charge in [0.2, 0.25) is 0 Å². The Hall–Kier alpha value is -0.700. The summed E-state index contributed by atoms with van der Waals surface area (Å²) >= 11 is 0. The van der Waals surface area contributed by atoms with E-state index < -0.39 is 27.8 Å². The molecular formula is C9H18N2O5S. The van der Waals surface area contributed by atoms with Crippen molar-refractivity contribution in [3.05, 3.63) is 0 Å². The third kappa shape index (κ3) is 3.91. The Morgan fingerprint density at radius 2 is 2.06 bits per heavy atom. The van der Waals surface area contributed by atoms with Crippen LogP contribution in [0.3, 0.4) is 0 Å². The van der Waals surface area contributed by atoms with Crippen molar-refractivity contribution < 1.29 is 23.1 Å². The van der Waals surface area contributed by atoms with Crippen LogP contribution < -0.4 is 4.72 Å². The van der Waals surface area contributed by atoms with E-state index in [-0.39, 0.29) is 19.8 Å². The number of carboxylic acid groups (broad SMARTS) is 1. The van der Waals surface area contributed by atoms with Gasteiger partial charge in [-0.25, -0.2) is 0 Å². The number of ether oxygens (including phenoxy) is 1. The van der Waals surface area contributed by atoms with E-state index in [1.807, 2.05) is 0 Å². The van der Waals surface area contributed by atoms with Crippen LogP contribution in [-0.2, 0) is 19.7 Å². The van der Waals surface area contributed by atoms with Crippen molar-refractivity contribution in [3.8, 4) is 0 Å². The highest BCUT2D eigenvalue weighted by Crippen LogP contribution is 2.14. The lowest BCUT2D eigenvalue weighted by Crippen LogP contribution is -2.58. The molecule has 1 aliphatic rings. The summed E-state index contributed by atoms with van der Waals surface area (Å²) in [5.41, 5.74) is -0.653. The molecule has 8 heteroatoms. The van der Waals surface area contributed by atoms with Gasteiger partial charge in [-0.15, -0.1) is 0 Å². The third-order valence-corrected chi connectivity index (χ3v) is 4.03. The number of carboxylic acids is 1. The van der Waals surface area contributed by atoms with Gasteiger partial charge in [-0.05, 0) is 20.8 Å². The highest BCUT2D eigenvalue weighted by Gasteiger charge is 2.38. The van der Waals surface area contributed by atoms with Gasteiger partial charge in [0.05, 0.1) is 13.2 Å². The lowest BCUT2D eigenvalue weighted by molar-refractivity contribution is -0.146. The quantitative estimate of drug-likeness (QED) is 0.711. The molecule has 0 aliphatic carbocycles. The second kappa shape index (κ2) is 4.89. The summed E-state index contributed by atoms with van der Waals surface area (Å²) in [6.07, 6.45) is 0. The summed E-state index contributed by atoms with van der Waals surface area (Å²) in [6, 6.07) is -1.16. The highest BCUT2D eigenvalue weighted by molar-refractivity contribution is 7.87. The minimum absolute atomic E-state index is 0.0440. The van der Waals surface area contributed by atoms with Crippen LogP contribution in [0.25, 0.3) is 0 Å². The first-order valence-electron chi connectivity index (χ1n) is 5.25. The molecule has 1 unspecified atom stereocenters. The maximum Gasteiger partial charge on any atom is 0.324 e. The van der Waals surface area contributed by atoms with E-state index >= 15 is 0 Å². The molecule has 0 amide bonds. The molecule has 0 aromatic carbocycles. The Morgan fingerprint density at radius 1 is 1.47 bits per heavy atom. The molecule has 0 aromatic heterocycles. The van der Waals surface area contributed by atoms with E-state index in [2.05, 4.69) is 4.72 Å². The number of morpholine rings is 1. The fourth-order valence-corrected chi connectivity index (χ4v) is 3.21. The molecule has 1 rings (SSSR count). The molecule has 2 N–H and O–H groups in total. The van der Waals surface area contributed by atoms with Gasteiger partial charge in [0.1, 0.15) is 6.04 Å². The molecule has 1 heterocycles. The second-order valence-corrected chi connectivity index (χ2v) is 6.52. The summed E-state index contributed by atoms with van der Waals surface area (Å²) in [4.78, 5) is 11.0. The van der Waals surface area contributed by atoms with Crippen molar-refractivity contribution in [1.29, 1.82) is 0 Å². The molecular weight excluding hydrogens is 248 g/mol. The van der Waals surface area contributed by atoms with Gasteiger partial charge < -0.3 is 9.84 Å². The van der Waals surface area contributed by atoms with E-state index in [0.29, 0.717) is 0 Å². The van der Waals surface area contributed by atoms with Crippen LogP contribution in [0.4, 0.5) is 0 Å². The summed E-state index contributed by atoms with van der Waals surface area (Å²) in [5.74, 6) is -1.20. The number of carbonyl (C=O) groups is 1. The Labute approximate surface area is 101 Å². The van der Waals surface area contributed by atoms with E-state index in [4.69, 9.17) is 9.84 Å². The predicted molar refractivity (Wildman–Crippen MR) is 60.8 cm³/mol. The monoisotopic (exact) mass is 266 g/mol. The first-order chi connectivity index (χ1) is 7.63. The van der Waals surface area contributed by atoms with Gasteiger partial charge in [0.25, 0.3) is 10.2 Å². The molecule has 1 saturated heterocycles. The van der Waals surface area contributed by atoms with Gasteiger partial charge in [0.15, 0.2) is 0 Å². The third-order valence-electron chi connectivity index (χ3n) is 2.11. The Bertz CT molecular complexity index is 387. The number of hydrogen-bond acceptors (Lipinski definition) is 4. The first-order valence-corrected chi connectivity index (χ1v) is 6.69. The van der Waals surface area contributed by atoms with Gasteiger partial charge >= 0.3 is 5.97 Å². The van der Waals surface area contributed by atoms with E-state index in [0.717, 1.165) is 4.31 Å². The van der Waals surface area contributed by atoms with Crippen molar-refractivity contribution in [2.75, 3.05) is 19.8 Å². The predicted octanol–water partition coefficient (Wildman–Crippen LogP) is -0.595. The van der Waals surface area contributed by atoms with Gasteiger partial charge in [-0.3, -0.25) is 4.79 Å². The Balaban J connectivity index is 2.91. The molecule has 1 aliphatic heterocycles. The van der Waals surface area contributed by atoms with E-state index in [1.54, 1.807) is 20.8 Å². The molecule has 0 radical (unpaired) electrons. The SMILES string of the molecule is CC(C)(C)NS(=O)(=O)N1CCOCC1C(=O)O. The molecule has 1 atom stereocenters. The normalized spacial score (nSPS) is 23.6. The standard InChI is InChI=1S/C9H18N2O5S/c1-9(2,3)10-17(14,15)11-4-5-16-6-7(11)8(12)13/h7,10H,4-6H2,1-3H3,(H,12,13). The molecule has 100 valence electrons. The summed E-state index contributed by atoms with van der Waals surface area (Å²) < 4.78 is 32.4. The molecule has 0 bridgehead atoms. The zero-order chi connectivity index (χ0) is 13.3. The van der Waals surface area contributed by atoms with Crippen molar-refractivity contribution in [3.63, 3.8) is 0 Å². The van der Waals surface area contributed by atoms with Crippen LogP contribution in [0.2, 0.25) is 0 Å². The van der Waals surface area contributed by atoms with Gasteiger partial charge in [0, 0.05) is 12.1 Å². The van der Waals surface area contributed by atoms with Crippen molar-refractivity contribution in [2.45, 2.75) is 32.4 Å². The van der Waals surface area contributed by atoms with E-state index in [1.165, 1.54) is 0 Å². The maximum atomic E-state index is 12.0. The number of nitrogens with one attached hydrogen (secondary N) is 1. The largest absolute Gasteiger partial charge is 0.480 e. The average Bonchev–Trinajstić information content (AvgIpc) is 2.14. The van der Waals surface area contributed by atoms with Gasteiger partial charge in [-0.2, -0.15) is 17.4 Å². The lowest BCUT2D eigenvalue weighted by Gasteiger charge is -2.34.